The summed E-state index contributed by atoms with van der Waals surface area (Å²) < 4.78 is 0. The summed E-state index contributed by atoms with van der Waals surface area (Å²) in [4.78, 5) is 29.4. The number of nitrogens with zero attached hydrogens (tertiary/aromatic N) is 1. The van der Waals surface area contributed by atoms with Crippen molar-refractivity contribution in [2.75, 3.05) is 10.6 Å². The molecule has 2 N–H and O–H groups in total. The molecule has 2 amide bonds. The molecular formula is C21H21N3O2S. The van der Waals surface area contributed by atoms with Gasteiger partial charge in [-0.15, -0.1) is 11.3 Å². The smallest absolute Gasteiger partial charge is 0.257 e. The van der Waals surface area contributed by atoms with Crippen molar-refractivity contribution in [3.8, 4) is 0 Å². The summed E-state index contributed by atoms with van der Waals surface area (Å²) in [5.74, 6) is -0.453. The number of anilines is 2. The molecule has 3 aromatic rings. The molecule has 3 rings (SSSR count). The average Bonchev–Trinajstić information content (AvgIpc) is 3.07. The van der Waals surface area contributed by atoms with Crippen LogP contribution in [0.2, 0.25) is 0 Å². The van der Waals surface area contributed by atoms with E-state index < -0.39 is 0 Å². The Hall–Kier alpha value is -2.99. The van der Waals surface area contributed by atoms with Gasteiger partial charge in [0.2, 0.25) is 5.91 Å². The van der Waals surface area contributed by atoms with Crippen LogP contribution < -0.4 is 10.6 Å². The second-order valence-electron chi connectivity index (χ2n) is 6.09. The largest absolute Gasteiger partial charge is 0.325 e. The lowest BCUT2D eigenvalue weighted by molar-refractivity contribution is -0.115. The molecule has 0 aliphatic heterocycles. The van der Waals surface area contributed by atoms with E-state index in [-0.39, 0.29) is 18.2 Å². The van der Waals surface area contributed by atoms with Crippen molar-refractivity contribution in [3.05, 3.63) is 75.7 Å². The molecule has 0 aliphatic rings. The first kappa shape index (κ1) is 18.8. The van der Waals surface area contributed by atoms with E-state index in [9.17, 15) is 9.59 Å². The zero-order valence-electron chi connectivity index (χ0n) is 15.3. The topological polar surface area (TPSA) is 71.1 Å². The van der Waals surface area contributed by atoms with E-state index in [1.807, 2.05) is 43.5 Å². The third kappa shape index (κ3) is 4.80. The number of hydrogen-bond acceptors (Lipinski definition) is 4. The van der Waals surface area contributed by atoms with E-state index in [0.29, 0.717) is 11.3 Å². The van der Waals surface area contributed by atoms with Crippen LogP contribution in [0.5, 0.6) is 0 Å². The minimum Gasteiger partial charge on any atom is -0.325 e. The quantitative estimate of drug-likeness (QED) is 0.665. The number of nitrogens with one attached hydrogen (secondary N) is 2. The molecule has 2 aromatic carbocycles. The summed E-state index contributed by atoms with van der Waals surface area (Å²) in [6.07, 6.45) is 1.00. The molecule has 0 saturated carbocycles. The molecule has 0 aliphatic carbocycles. The number of aryl methyl sites for hydroxylation is 2. The normalized spacial score (nSPS) is 10.4. The van der Waals surface area contributed by atoms with Crippen LogP contribution in [0.1, 0.15) is 33.5 Å². The van der Waals surface area contributed by atoms with Gasteiger partial charge in [-0.25, -0.2) is 4.98 Å². The number of rotatable bonds is 6. The van der Waals surface area contributed by atoms with Crippen molar-refractivity contribution < 1.29 is 9.59 Å². The fourth-order valence-corrected chi connectivity index (χ4v) is 3.39. The Morgan fingerprint density at radius 2 is 1.70 bits per heavy atom. The van der Waals surface area contributed by atoms with Gasteiger partial charge in [-0.2, -0.15) is 0 Å². The Morgan fingerprint density at radius 3 is 2.41 bits per heavy atom. The molecule has 27 heavy (non-hydrogen) atoms. The molecule has 0 saturated heterocycles. The summed E-state index contributed by atoms with van der Waals surface area (Å²) in [5.41, 5.74) is 3.48. The second-order valence-corrected chi connectivity index (χ2v) is 7.16. The van der Waals surface area contributed by atoms with Crippen LogP contribution in [0.4, 0.5) is 11.4 Å². The highest BCUT2D eigenvalue weighted by Crippen LogP contribution is 2.20. The fourth-order valence-electron chi connectivity index (χ4n) is 2.78. The third-order valence-corrected chi connectivity index (χ3v) is 4.92. The zero-order valence-corrected chi connectivity index (χ0v) is 16.1. The SMILES string of the molecule is CCc1ccccc1NC(=O)c1ccccc1NC(=O)Cc1csc(C)n1. The first-order valence-corrected chi connectivity index (χ1v) is 9.64. The predicted molar refractivity (Wildman–Crippen MR) is 109 cm³/mol. The first-order valence-electron chi connectivity index (χ1n) is 8.76. The van der Waals surface area contributed by atoms with Crippen LogP contribution in [0, 0.1) is 6.92 Å². The number of para-hydroxylation sites is 2. The second kappa shape index (κ2) is 8.60. The summed E-state index contributed by atoms with van der Waals surface area (Å²) in [5, 5.41) is 8.57. The molecule has 0 bridgehead atoms. The Labute approximate surface area is 162 Å². The lowest BCUT2D eigenvalue weighted by atomic mass is 10.1. The van der Waals surface area contributed by atoms with Gasteiger partial charge in [-0.1, -0.05) is 37.3 Å². The van der Waals surface area contributed by atoms with Crippen molar-refractivity contribution in [2.45, 2.75) is 26.7 Å². The highest BCUT2D eigenvalue weighted by Gasteiger charge is 2.15. The standard InChI is InChI=1S/C21H21N3O2S/c1-3-15-8-4-6-10-18(15)24-21(26)17-9-5-7-11-19(17)23-20(25)12-16-13-27-14(2)22-16/h4-11,13H,3,12H2,1-2H3,(H,23,25)(H,24,26). The van der Waals surface area contributed by atoms with Gasteiger partial charge in [-0.3, -0.25) is 9.59 Å². The number of thiazole rings is 1. The molecule has 1 heterocycles. The van der Waals surface area contributed by atoms with Gasteiger partial charge in [0.1, 0.15) is 0 Å². The minimum atomic E-state index is -0.253. The van der Waals surface area contributed by atoms with Crippen molar-refractivity contribution in [1.29, 1.82) is 0 Å². The third-order valence-electron chi connectivity index (χ3n) is 4.10. The van der Waals surface area contributed by atoms with Gasteiger partial charge < -0.3 is 10.6 Å². The number of aromatic nitrogens is 1. The Balaban J connectivity index is 1.75. The molecule has 0 fully saturated rings. The van der Waals surface area contributed by atoms with Gasteiger partial charge >= 0.3 is 0 Å². The predicted octanol–water partition coefficient (Wildman–Crippen LogP) is 4.45. The number of hydrogen-bond donors (Lipinski definition) is 2. The maximum absolute atomic E-state index is 12.8. The van der Waals surface area contributed by atoms with Crippen molar-refractivity contribution in [1.82, 2.24) is 4.98 Å². The maximum Gasteiger partial charge on any atom is 0.257 e. The molecule has 0 unspecified atom stereocenters. The summed E-state index contributed by atoms with van der Waals surface area (Å²) in [6, 6.07) is 14.7. The van der Waals surface area contributed by atoms with E-state index in [1.165, 1.54) is 11.3 Å². The van der Waals surface area contributed by atoms with Crippen LogP contribution in [0.3, 0.4) is 0 Å². The van der Waals surface area contributed by atoms with E-state index in [2.05, 4.69) is 15.6 Å². The molecule has 0 radical (unpaired) electrons. The fraction of sp³-hybridized carbons (Fsp3) is 0.190. The molecule has 5 nitrogen and oxygen atoms in total. The first-order chi connectivity index (χ1) is 13.1. The van der Waals surface area contributed by atoms with Crippen LogP contribution >= 0.6 is 11.3 Å². The molecule has 138 valence electrons. The Kier molecular flexibility index (Phi) is 5.98. The molecular weight excluding hydrogens is 358 g/mol. The van der Waals surface area contributed by atoms with Gasteiger partial charge in [-0.05, 0) is 37.1 Å². The van der Waals surface area contributed by atoms with E-state index >= 15 is 0 Å². The highest BCUT2D eigenvalue weighted by atomic mass is 32.1. The van der Waals surface area contributed by atoms with Crippen LogP contribution in [-0.4, -0.2) is 16.8 Å². The monoisotopic (exact) mass is 379 g/mol. The molecule has 6 heteroatoms. The summed E-state index contributed by atoms with van der Waals surface area (Å²) in [6.45, 7) is 3.94. The van der Waals surface area contributed by atoms with Gasteiger partial charge in [0.25, 0.3) is 5.91 Å². The van der Waals surface area contributed by atoms with E-state index in [0.717, 1.165) is 28.4 Å². The molecule has 1 aromatic heterocycles. The van der Waals surface area contributed by atoms with Crippen molar-refractivity contribution in [3.63, 3.8) is 0 Å². The van der Waals surface area contributed by atoms with E-state index in [1.54, 1.807) is 24.3 Å². The van der Waals surface area contributed by atoms with E-state index in [4.69, 9.17) is 0 Å². The number of carbonyl (C=O) groups is 2. The number of carbonyl (C=O) groups excluding carboxylic acids is 2. The van der Waals surface area contributed by atoms with Crippen LogP contribution in [0.15, 0.2) is 53.9 Å². The zero-order chi connectivity index (χ0) is 19.2. The minimum absolute atomic E-state index is 0.180. The Morgan fingerprint density at radius 1 is 1.00 bits per heavy atom. The molecule has 0 atom stereocenters. The number of amides is 2. The lowest BCUT2D eigenvalue weighted by Gasteiger charge is -2.13. The summed E-state index contributed by atoms with van der Waals surface area (Å²) in [7, 11) is 0. The van der Waals surface area contributed by atoms with Crippen LogP contribution in [0.25, 0.3) is 0 Å². The van der Waals surface area contributed by atoms with Gasteiger partial charge in [0, 0.05) is 11.1 Å². The van der Waals surface area contributed by atoms with Gasteiger partial charge in [0.05, 0.1) is 28.4 Å². The van der Waals surface area contributed by atoms with Crippen molar-refractivity contribution in [2.24, 2.45) is 0 Å². The molecule has 0 spiro atoms. The van der Waals surface area contributed by atoms with Crippen LogP contribution in [-0.2, 0) is 17.6 Å². The highest BCUT2D eigenvalue weighted by molar-refractivity contribution is 7.09. The average molecular weight is 379 g/mol. The van der Waals surface area contributed by atoms with Crippen molar-refractivity contribution >= 4 is 34.5 Å². The lowest BCUT2D eigenvalue weighted by Crippen LogP contribution is -2.20. The Bertz CT molecular complexity index is 965. The maximum atomic E-state index is 12.8. The number of benzene rings is 2. The van der Waals surface area contributed by atoms with Gasteiger partial charge in [0.15, 0.2) is 0 Å². The summed E-state index contributed by atoms with van der Waals surface area (Å²) >= 11 is 1.51.